The normalized spacial score (nSPS) is 29.3. The molecule has 2 fully saturated rings. The van der Waals surface area contributed by atoms with Gasteiger partial charge >= 0.3 is 0 Å². The van der Waals surface area contributed by atoms with Crippen LogP contribution in [0.2, 0.25) is 0 Å². The molecule has 0 aromatic carbocycles. The first kappa shape index (κ1) is 14.1. The molecule has 0 amide bonds. The van der Waals surface area contributed by atoms with Gasteiger partial charge in [0, 0.05) is 24.8 Å². The van der Waals surface area contributed by atoms with Gasteiger partial charge in [-0.15, -0.1) is 0 Å². The Labute approximate surface area is 123 Å². The van der Waals surface area contributed by atoms with Crippen molar-refractivity contribution in [3.05, 3.63) is 17.7 Å². The van der Waals surface area contributed by atoms with Gasteiger partial charge in [0.25, 0.3) is 0 Å². The molecule has 2 aliphatic rings. The zero-order valence-electron chi connectivity index (χ0n) is 13.4. The highest BCUT2D eigenvalue weighted by atomic mass is 15.1. The lowest BCUT2D eigenvalue weighted by molar-refractivity contribution is 0.289. The molecule has 3 rings (SSSR count). The maximum atomic E-state index is 4.54. The SMILES string of the molecule is Cc1ncc(CNC(C)(C)C)n1CC1CC2CCC1C2. The fourth-order valence-corrected chi connectivity index (χ4v) is 4.10. The molecule has 3 heteroatoms. The van der Waals surface area contributed by atoms with Crippen LogP contribution in [-0.2, 0) is 13.1 Å². The molecule has 3 atom stereocenters. The van der Waals surface area contributed by atoms with E-state index in [-0.39, 0.29) is 5.54 Å². The van der Waals surface area contributed by atoms with Crippen molar-refractivity contribution in [1.29, 1.82) is 0 Å². The van der Waals surface area contributed by atoms with Gasteiger partial charge in [0.1, 0.15) is 5.82 Å². The Hall–Kier alpha value is -0.830. The highest BCUT2D eigenvalue weighted by Gasteiger charge is 2.39. The van der Waals surface area contributed by atoms with Gasteiger partial charge in [-0.2, -0.15) is 0 Å². The molecule has 2 aliphatic carbocycles. The number of hydrogen-bond acceptors (Lipinski definition) is 2. The Bertz CT molecular complexity index is 469. The van der Waals surface area contributed by atoms with Crippen molar-refractivity contribution in [2.24, 2.45) is 17.8 Å². The van der Waals surface area contributed by atoms with Crippen molar-refractivity contribution in [3.8, 4) is 0 Å². The van der Waals surface area contributed by atoms with Crippen LogP contribution in [0.25, 0.3) is 0 Å². The molecule has 112 valence electrons. The number of nitrogens with zero attached hydrogens (tertiary/aromatic N) is 2. The quantitative estimate of drug-likeness (QED) is 0.911. The predicted octanol–water partition coefficient (Wildman–Crippen LogP) is 3.52. The smallest absolute Gasteiger partial charge is 0.105 e. The second-order valence-corrected chi connectivity index (χ2v) is 7.95. The van der Waals surface area contributed by atoms with Crippen LogP contribution in [0.5, 0.6) is 0 Å². The van der Waals surface area contributed by atoms with Crippen molar-refractivity contribution < 1.29 is 0 Å². The summed E-state index contributed by atoms with van der Waals surface area (Å²) in [5, 5.41) is 3.59. The minimum absolute atomic E-state index is 0.162. The number of rotatable bonds is 4. The molecule has 3 unspecified atom stereocenters. The van der Waals surface area contributed by atoms with Crippen LogP contribution in [0.3, 0.4) is 0 Å². The van der Waals surface area contributed by atoms with Crippen LogP contribution < -0.4 is 5.32 Å². The van der Waals surface area contributed by atoms with E-state index in [0.29, 0.717) is 0 Å². The summed E-state index contributed by atoms with van der Waals surface area (Å²) >= 11 is 0. The summed E-state index contributed by atoms with van der Waals surface area (Å²) in [6.45, 7) is 10.9. The van der Waals surface area contributed by atoms with Gasteiger partial charge in [0.2, 0.25) is 0 Å². The van der Waals surface area contributed by atoms with Crippen molar-refractivity contribution in [1.82, 2.24) is 14.9 Å². The molecular weight excluding hydrogens is 246 g/mol. The molecule has 2 bridgehead atoms. The Kier molecular flexibility index (Phi) is 3.65. The Morgan fingerprint density at radius 1 is 1.30 bits per heavy atom. The van der Waals surface area contributed by atoms with E-state index < -0.39 is 0 Å². The van der Waals surface area contributed by atoms with E-state index in [4.69, 9.17) is 0 Å². The van der Waals surface area contributed by atoms with Gasteiger partial charge in [-0.3, -0.25) is 0 Å². The lowest BCUT2D eigenvalue weighted by atomic mass is 9.88. The van der Waals surface area contributed by atoms with Crippen LogP contribution in [0.1, 0.15) is 58.0 Å². The number of aromatic nitrogens is 2. The van der Waals surface area contributed by atoms with Crippen molar-refractivity contribution >= 4 is 0 Å². The summed E-state index contributed by atoms with van der Waals surface area (Å²) in [5.41, 5.74) is 1.51. The minimum Gasteiger partial charge on any atom is -0.331 e. The summed E-state index contributed by atoms with van der Waals surface area (Å²) in [7, 11) is 0. The second kappa shape index (κ2) is 5.18. The Balaban J connectivity index is 1.68. The summed E-state index contributed by atoms with van der Waals surface area (Å²) in [5.74, 6) is 4.10. The second-order valence-electron chi connectivity index (χ2n) is 7.95. The lowest BCUT2D eigenvalue weighted by Gasteiger charge is -2.25. The lowest BCUT2D eigenvalue weighted by Crippen LogP contribution is -2.36. The molecule has 20 heavy (non-hydrogen) atoms. The highest BCUT2D eigenvalue weighted by molar-refractivity contribution is 5.06. The summed E-state index contributed by atoms with van der Waals surface area (Å²) in [4.78, 5) is 4.54. The zero-order chi connectivity index (χ0) is 14.3. The molecule has 0 saturated heterocycles. The number of aryl methyl sites for hydroxylation is 1. The Morgan fingerprint density at radius 2 is 2.10 bits per heavy atom. The molecule has 1 aromatic heterocycles. The standard InChI is InChI=1S/C17H29N3/c1-12-18-9-16(10-19-17(2,3)4)20(12)11-15-8-13-5-6-14(15)7-13/h9,13-15,19H,5-8,10-11H2,1-4H3. The molecule has 1 N–H and O–H groups in total. The number of imidazole rings is 1. The first-order valence-electron chi connectivity index (χ1n) is 8.18. The molecule has 2 saturated carbocycles. The van der Waals surface area contributed by atoms with E-state index in [2.05, 4.69) is 48.8 Å². The van der Waals surface area contributed by atoms with Gasteiger partial charge in [0.15, 0.2) is 0 Å². The van der Waals surface area contributed by atoms with Crippen LogP contribution in [0.15, 0.2) is 6.20 Å². The first-order valence-corrected chi connectivity index (χ1v) is 8.18. The fourth-order valence-electron chi connectivity index (χ4n) is 4.10. The molecule has 3 nitrogen and oxygen atoms in total. The predicted molar refractivity (Wildman–Crippen MR) is 82.5 cm³/mol. The summed E-state index contributed by atoms with van der Waals surface area (Å²) < 4.78 is 2.46. The van der Waals surface area contributed by atoms with Gasteiger partial charge in [-0.05, 0) is 64.7 Å². The van der Waals surface area contributed by atoms with Gasteiger partial charge in [0.05, 0.1) is 5.69 Å². The average molecular weight is 275 g/mol. The molecule has 0 radical (unpaired) electrons. The van der Waals surface area contributed by atoms with E-state index >= 15 is 0 Å². The minimum atomic E-state index is 0.162. The van der Waals surface area contributed by atoms with Gasteiger partial charge in [-0.25, -0.2) is 4.98 Å². The van der Waals surface area contributed by atoms with Crippen LogP contribution in [0.4, 0.5) is 0 Å². The van der Waals surface area contributed by atoms with E-state index in [1.807, 2.05) is 0 Å². The summed E-state index contributed by atoms with van der Waals surface area (Å²) in [6.07, 6.45) is 7.96. The number of nitrogens with one attached hydrogen (secondary N) is 1. The number of fused-ring (bicyclic) bond motifs is 2. The molecule has 1 aromatic rings. The molecule has 0 aliphatic heterocycles. The third-order valence-corrected chi connectivity index (χ3v) is 5.24. The first-order chi connectivity index (χ1) is 9.42. The maximum Gasteiger partial charge on any atom is 0.105 e. The van der Waals surface area contributed by atoms with E-state index in [1.165, 1.54) is 43.7 Å². The third kappa shape index (κ3) is 2.93. The van der Waals surface area contributed by atoms with E-state index in [1.54, 1.807) is 0 Å². The molecular formula is C17H29N3. The molecule has 0 spiro atoms. The highest BCUT2D eigenvalue weighted by Crippen LogP contribution is 2.48. The zero-order valence-corrected chi connectivity index (χ0v) is 13.4. The third-order valence-electron chi connectivity index (χ3n) is 5.24. The van der Waals surface area contributed by atoms with E-state index in [0.717, 1.165) is 24.3 Å². The van der Waals surface area contributed by atoms with Crippen molar-refractivity contribution in [2.75, 3.05) is 0 Å². The van der Waals surface area contributed by atoms with Crippen LogP contribution in [0, 0.1) is 24.7 Å². The van der Waals surface area contributed by atoms with Gasteiger partial charge < -0.3 is 9.88 Å². The monoisotopic (exact) mass is 275 g/mol. The van der Waals surface area contributed by atoms with Crippen molar-refractivity contribution in [3.63, 3.8) is 0 Å². The summed E-state index contributed by atoms with van der Waals surface area (Å²) in [6, 6.07) is 0. The van der Waals surface area contributed by atoms with Crippen LogP contribution >= 0.6 is 0 Å². The fraction of sp³-hybridized carbons (Fsp3) is 0.824. The van der Waals surface area contributed by atoms with E-state index in [9.17, 15) is 0 Å². The topological polar surface area (TPSA) is 29.9 Å². The average Bonchev–Trinajstić information content (AvgIpc) is 3.04. The van der Waals surface area contributed by atoms with Gasteiger partial charge in [-0.1, -0.05) is 6.42 Å². The maximum absolute atomic E-state index is 4.54. The number of hydrogen-bond donors (Lipinski definition) is 1. The molecule has 1 heterocycles. The van der Waals surface area contributed by atoms with Crippen LogP contribution in [-0.4, -0.2) is 15.1 Å². The largest absolute Gasteiger partial charge is 0.331 e. The van der Waals surface area contributed by atoms with Crippen molar-refractivity contribution in [2.45, 2.75) is 72.0 Å². The Morgan fingerprint density at radius 3 is 2.70 bits per heavy atom.